The first-order chi connectivity index (χ1) is 10.8. The molecule has 0 atom stereocenters. The van der Waals surface area contributed by atoms with Gasteiger partial charge in [-0.3, -0.25) is 4.79 Å². The molecule has 2 heterocycles. The fourth-order valence-corrected chi connectivity index (χ4v) is 2.75. The second-order valence-corrected chi connectivity index (χ2v) is 4.80. The van der Waals surface area contributed by atoms with E-state index in [2.05, 4.69) is 9.97 Å². The minimum Gasteiger partial charge on any atom is -0.477 e. The summed E-state index contributed by atoms with van der Waals surface area (Å²) in [5.74, 6) is 0.457. The molecule has 0 saturated carbocycles. The van der Waals surface area contributed by atoms with E-state index in [1.165, 1.54) is 6.33 Å². The molecule has 3 aromatic rings. The first-order valence-corrected chi connectivity index (χ1v) is 7.32. The Morgan fingerprint density at radius 2 is 1.95 bits per heavy atom. The molecule has 0 radical (unpaired) electrons. The van der Waals surface area contributed by atoms with Crippen molar-refractivity contribution in [1.29, 1.82) is 0 Å². The van der Waals surface area contributed by atoms with E-state index in [1.54, 1.807) is 0 Å². The number of aldehydes is 1. The maximum atomic E-state index is 11.8. The predicted octanol–water partition coefficient (Wildman–Crippen LogP) is 3.33. The van der Waals surface area contributed by atoms with E-state index >= 15 is 0 Å². The second-order valence-electron chi connectivity index (χ2n) is 4.80. The fraction of sp³-hybridized carbons (Fsp3) is 0.235. The average Bonchev–Trinajstić information content (AvgIpc) is 2.90. The van der Waals surface area contributed by atoms with E-state index in [-0.39, 0.29) is 0 Å². The van der Waals surface area contributed by atoms with E-state index in [4.69, 9.17) is 4.74 Å². The summed E-state index contributed by atoms with van der Waals surface area (Å²) in [7, 11) is 0. The van der Waals surface area contributed by atoms with Crippen molar-refractivity contribution in [3.8, 4) is 17.1 Å². The zero-order chi connectivity index (χ0) is 15.5. The third-order valence-corrected chi connectivity index (χ3v) is 3.60. The first kappa shape index (κ1) is 14.3. The van der Waals surface area contributed by atoms with Crippen LogP contribution in [-0.4, -0.2) is 27.4 Å². The molecule has 5 nitrogen and oxygen atoms in total. The van der Waals surface area contributed by atoms with Crippen molar-refractivity contribution < 1.29 is 9.53 Å². The number of carbonyl (C=O) groups is 1. The number of hydrogen-bond donors (Lipinski definition) is 0. The molecule has 0 aliphatic carbocycles. The molecule has 2 aromatic heterocycles. The zero-order valence-corrected chi connectivity index (χ0v) is 12.6. The fourth-order valence-electron chi connectivity index (χ4n) is 2.75. The maximum Gasteiger partial charge on any atom is 0.226 e. The lowest BCUT2D eigenvalue weighted by Crippen LogP contribution is -2.00. The lowest BCUT2D eigenvalue weighted by atomic mass is 10.1. The van der Waals surface area contributed by atoms with Crippen LogP contribution >= 0.6 is 0 Å². The number of aromatic nitrogens is 3. The highest BCUT2D eigenvalue weighted by Crippen LogP contribution is 2.35. The van der Waals surface area contributed by atoms with Gasteiger partial charge < -0.3 is 9.30 Å². The summed E-state index contributed by atoms with van der Waals surface area (Å²) in [5.41, 5.74) is 3.13. The number of nitrogens with zero attached hydrogens (tertiary/aromatic N) is 3. The molecule has 0 saturated heterocycles. The Balaban J connectivity index is 2.41. The molecule has 22 heavy (non-hydrogen) atoms. The Labute approximate surface area is 128 Å². The maximum absolute atomic E-state index is 11.8. The van der Waals surface area contributed by atoms with Gasteiger partial charge in [-0.05, 0) is 19.4 Å². The first-order valence-electron chi connectivity index (χ1n) is 7.32. The molecule has 0 aliphatic heterocycles. The third-order valence-electron chi connectivity index (χ3n) is 3.60. The third kappa shape index (κ3) is 2.15. The van der Waals surface area contributed by atoms with Gasteiger partial charge in [0.2, 0.25) is 5.88 Å². The minimum atomic E-state index is 0.457. The normalized spacial score (nSPS) is 10.8. The molecule has 0 spiro atoms. The van der Waals surface area contributed by atoms with E-state index < -0.39 is 0 Å². The number of fused-ring (bicyclic) bond motifs is 1. The molecular formula is C17H17N3O2. The summed E-state index contributed by atoms with van der Waals surface area (Å²) >= 11 is 0. The highest BCUT2D eigenvalue weighted by molar-refractivity contribution is 6.05. The molecule has 0 unspecified atom stereocenters. The average molecular weight is 295 g/mol. The van der Waals surface area contributed by atoms with Crippen LogP contribution in [-0.2, 0) is 6.54 Å². The van der Waals surface area contributed by atoms with Gasteiger partial charge in [0.25, 0.3) is 0 Å². The Kier molecular flexibility index (Phi) is 3.87. The molecule has 0 aliphatic rings. The molecule has 0 N–H and O–H groups in total. The molecule has 112 valence electrons. The summed E-state index contributed by atoms with van der Waals surface area (Å²) in [6.07, 6.45) is 2.34. The standard InChI is InChI=1S/C17H17N3O2/c1-3-20-15(12-8-6-5-7-9-12)13(10-21)14-16(20)18-11-19-17(14)22-4-2/h5-11H,3-4H2,1-2H3. The Bertz CT molecular complexity index is 810. The zero-order valence-electron chi connectivity index (χ0n) is 12.6. The second kappa shape index (κ2) is 5.97. The molecule has 5 heteroatoms. The monoisotopic (exact) mass is 295 g/mol. The van der Waals surface area contributed by atoms with Crippen molar-refractivity contribution in [3.63, 3.8) is 0 Å². The lowest BCUT2D eigenvalue weighted by Gasteiger charge is -2.07. The lowest BCUT2D eigenvalue weighted by molar-refractivity contribution is 0.112. The summed E-state index contributed by atoms with van der Waals surface area (Å²) in [5, 5.41) is 0.681. The molecule has 0 bridgehead atoms. The highest BCUT2D eigenvalue weighted by Gasteiger charge is 2.22. The highest BCUT2D eigenvalue weighted by atomic mass is 16.5. The predicted molar refractivity (Wildman–Crippen MR) is 85.2 cm³/mol. The number of aryl methyl sites for hydroxylation is 1. The smallest absolute Gasteiger partial charge is 0.226 e. The molecule has 3 rings (SSSR count). The largest absolute Gasteiger partial charge is 0.477 e. The number of carbonyl (C=O) groups excluding carboxylic acids is 1. The van der Waals surface area contributed by atoms with Crippen LogP contribution in [0, 0.1) is 0 Å². The molecule has 0 amide bonds. The van der Waals surface area contributed by atoms with Crippen LogP contribution in [0.1, 0.15) is 24.2 Å². The quantitative estimate of drug-likeness (QED) is 0.677. The number of rotatable bonds is 5. The van der Waals surface area contributed by atoms with E-state index in [1.807, 2.05) is 48.7 Å². The van der Waals surface area contributed by atoms with Gasteiger partial charge >= 0.3 is 0 Å². The Morgan fingerprint density at radius 1 is 1.18 bits per heavy atom. The van der Waals surface area contributed by atoms with Crippen LogP contribution in [0.4, 0.5) is 0 Å². The summed E-state index contributed by atoms with van der Waals surface area (Å²) in [6, 6.07) is 9.84. The Morgan fingerprint density at radius 3 is 2.59 bits per heavy atom. The van der Waals surface area contributed by atoms with Crippen LogP contribution in [0.15, 0.2) is 36.7 Å². The van der Waals surface area contributed by atoms with Gasteiger partial charge in [0, 0.05) is 6.54 Å². The topological polar surface area (TPSA) is 57.0 Å². The van der Waals surface area contributed by atoms with Crippen molar-refractivity contribution in [2.24, 2.45) is 0 Å². The SMILES string of the molecule is CCOc1ncnc2c1c(C=O)c(-c1ccccc1)n2CC. The number of ether oxygens (including phenoxy) is 1. The number of hydrogen-bond acceptors (Lipinski definition) is 4. The minimum absolute atomic E-state index is 0.457. The van der Waals surface area contributed by atoms with Gasteiger partial charge in [-0.25, -0.2) is 9.97 Å². The van der Waals surface area contributed by atoms with Crippen LogP contribution in [0.2, 0.25) is 0 Å². The van der Waals surface area contributed by atoms with Crippen LogP contribution in [0.3, 0.4) is 0 Å². The van der Waals surface area contributed by atoms with Crippen molar-refractivity contribution in [3.05, 3.63) is 42.2 Å². The van der Waals surface area contributed by atoms with Crippen LogP contribution in [0.5, 0.6) is 5.88 Å². The van der Waals surface area contributed by atoms with Crippen molar-refractivity contribution in [2.75, 3.05) is 6.61 Å². The molecular weight excluding hydrogens is 278 g/mol. The number of benzene rings is 1. The van der Waals surface area contributed by atoms with Gasteiger partial charge in [0.1, 0.15) is 12.0 Å². The summed E-state index contributed by atoms with van der Waals surface area (Å²) in [6.45, 7) is 5.12. The summed E-state index contributed by atoms with van der Waals surface area (Å²) < 4.78 is 7.61. The van der Waals surface area contributed by atoms with E-state index in [0.717, 1.165) is 23.2 Å². The van der Waals surface area contributed by atoms with Crippen molar-refractivity contribution in [1.82, 2.24) is 14.5 Å². The van der Waals surface area contributed by atoms with Gasteiger partial charge in [0.05, 0.1) is 23.3 Å². The molecule has 1 aromatic carbocycles. The molecule has 0 fully saturated rings. The van der Waals surface area contributed by atoms with E-state index in [0.29, 0.717) is 30.0 Å². The van der Waals surface area contributed by atoms with Crippen LogP contribution < -0.4 is 4.74 Å². The van der Waals surface area contributed by atoms with Crippen molar-refractivity contribution in [2.45, 2.75) is 20.4 Å². The van der Waals surface area contributed by atoms with Gasteiger partial charge in [-0.1, -0.05) is 30.3 Å². The van der Waals surface area contributed by atoms with Gasteiger partial charge in [-0.15, -0.1) is 0 Å². The van der Waals surface area contributed by atoms with Crippen molar-refractivity contribution >= 4 is 17.3 Å². The van der Waals surface area contributed by atoms with Gasteiger partial charge in [-0.2, -0.15) is 0 Å². The van der Waals surface area contributed by atoms with Gasteiger partial charge in [0.15, 0.2) is 6.29 Å². The Hall–Kier alpha value is -2.69. The van der Waals surface area contributed by atoms with Crippen LogP contribution in [0.25, 0.3) is 22.3 Å². The van der Waals surface area contributed by atoms with E-state index in [9.17, 15) is 4.79 Å². The summed E-state index contributed by atoms with van der Waals surface area (Å²) in [4.78, 5) is 20.3.